The van der Waals surface area contributed by atoms with Crippen LogP contribution in [-0.2, 0) is 22.2 Å². The summed E-state index contributed by atoms with van der Waals surface area (Å²) >= 11 is 0. The Morgan fingerprint density at radius 2 is 1.95 bits per heavy atom. The van der Waals surface area contributed by atoms with Crippen molar-refractivity contribution < 1.29 is 22.8 Å². The Morgan fingerprint density at radius 3 is 2.48 bits per heavy atom. The van der Waals surface area contributed by atoms with Crippen LogP contribution in [0.1, 0.15) is 24.0 Å². The molecule has 0 radical (unpaired) electrons. The van der Waals surface area contributed by atoms with Gasteiger partial charge in [-0.25, -0.2) is 0 Å². The number of nitrogens with one attached hydrogen (secondary N) is 2. The molecule has 0 saturated carbocycles. The second-order valence-corrected chi connectivity index (χ2v) is 4.98. The van der Waals surface area contributed by atoms with Gasteiger partial charge in [0.15, 0.2) is 0 Å². The van der Waals surface area contributed by atoms with Crippen LogP contribution in [0.2, 0.25) is 0 Å². The lowest BCUT2D eigenvalue weighted by Crippen LogP contribution is -2.48. The van der Waals surface area contributed by atoms with Crippen LogP contribution >= 0.6 is 0 Å². The van der Waals surface area contributed by atoms with Gasteiger partial charge in [-0.15, -0.1) is 0 Å². The third kappa shape index (κ3) is 4.47. The van der Waals surface area contributed by atoms with Gasteiger partial charge in [0.1, 0.15) is 0 Å². The zero-order chi connectivity index (χ0) is 15.5. The first-order valence-electron chi connectivity index (χ1n) is 6.57. The molecule has 2 rings (SSSR count). The highest BCUT2D eigenvalue weighted by molar-refractivity contribution is 5.80. The summed E-state index contributed by atoms with van der Waals surface area (Å²) in [5.74, 6) is -0.306. The molecule has 1 aromatic carbocycles. The summed E-state index contributed by atoms with van der Waals surface area (Å²) in [6, 6.07) is 4.40. The van der Waals surface area contributed by atoms with E-state index < -0.39 is 11.7 Å². The Hall–Kier alpha value is -2.05. The maximum atomic E-state index is 12.4. The molecule has 7 heteroatoms. The molecule has 114 valence electrons. The van der Waals surface area contributed by atoms with Gasteiger partial charge in [-0.2, -0.15) is 13.2 Å². The third-order valence-corrected chi connectivity index (χ3v) is 3.28. The molecule has 1 fully saturated rings. The number of rotatable bonds is 3. The van der Waals surface area contributed by atoms with Crippen molar-refractivity contribution in [2.75, 3.05) is 6.54 Å². The number of alkyl halides is 3. The van der Waals surface area contributed by atoms with E-state index in [-0.39, 0.29) is 24.3 Å². The van der Waals surface area contributed by atoms with Crippen molar-refractivity contribution in [3.8, 4) is 0 Å². The minimum absolute atomic E-state index is 0.0165. The Kier molecular flexibility index (Phi) is 4.50. The molecular weight excluding hydrogens is 285 g/mol. The van der Waals surface area contributed by atoms with E-state index in [1.807, 2.05) is 0 Å². The van der Waals surface area contributed by atoms with Gasteiger partial charge in [0.2, 0.25) is 11.8 Å². The van der Waals surface area contributed by atoms with Crippen LogP contribution in [0.15, 0.2) is 24.3 Å². The number of piperidine rings is 1. The van der Waals surface area contributed by atoms with Crippen LogP contribution in [0.4, 0.5) is 13.2 Å². The van der Waals surface area contributed by atoms with Gasteiger partial charge in [0.05, 0.1) is 12.0 Å². The monoisotopic (exact) mass is 300 g/mol. The fraction of sp³-hybridized carbons (Fsp3) is 0.429. The summed E-state index contributed by atoms with van der Waals surface area (Å²) in [4.78, 5) is 22.8. The van der Waals surface area contributed by atoms with E-state index in [0.717, 1.165) is 12.1 Å². The van der Waals surface area contributed by atoms with Crippen LogP contribution in [0, 0.1) is 0 Å². The molecule has 0 spiro atoms. The Labute approximate surface area is 119 Å². The van der Waals surface area contributed by atoms with Gasteiger partial charge >= 0.3 is 6.18 Å². The first-order valence-corrected chi connectivity index (χ1v) is 6.57. The lowest BCUT2D eigenvalue weighted by atomic mass is 10.1. The molecule has 1 saturated heterocycles. The zero-order valence-electron chi connectivity index (χ0n) is 11.2. The van der Waals surface area contributed by atoms with Crippen molar-refractivity contribution in [2.24, 2.45) is 0 Å². The summed E-state index contributed by atoms with van der Waals surface area (Å²) in [5.41, 5.74) is -0.220. The molecule has 2 amide bonds. The fourth-order valence-electron chi connectivity index (χ4n) is 2.13. The van der Waals surface area contributed by atoms with E-state index >= 15 is 0 Å². The Morgan fingerprint density at radius 1 is 1.29 bits per heavy atom. The zero-order valence-corrected chi connectivity index (χ0v) is 11.2. The van der Waals surface area contributed by atoms with Gasteiger partial charge in [-0.3, -0.25) is 9.59 Å². The highest BCUT2D eigenvalue weighted by atomic mass is 19.4. The normalized spacial score (nSPS) is 19.0. The van der Waals surface area contributed by atoms with Crippen LogP contribution in [0.25, 0.3) is 0 Å². The quantitative estimate of drug-likeness (QED) is 0.891. The molecule has 1 atom stereocenters. The minimum atomic E-state index is -4.37. The van der Waals surface area contributed by atoms with Gasteiger partial charge in [-0.05, 0) is 24.1 Å². The standard InChI is InChI=1S/C14H15F3N2O2/c15-14(16,17)10-3-1-9(2-4-10)7-13(21)19-11-5-6-12(20)18-8-11/h1-4,11H,5-8H2,(H,18,20)(H,19,21). The molecule has 21 heavy (non-hydrogen) atoms. The van der Waals surface area contributed by atoms with E-state index in [1.165, 1.54) is 12.1 Å². The highest BCUT2D eigenvalue weighted by Gasteiger charge is 2.30. The number of hydrogen-bond donors (Lipinski definition) is 2. The van der Waals surface area contributed by atoms with Crippen LogP contribution < -0.4 is 10.6 Å². The van der Waals surface area contributed by atoms with Crippen molar-refractivity contribution in [3.63, 3.8) is 0 Å². The number of halogens is 3. The molecule has 1 aromatic rings. The molecular formula is C14H15F3N2O2. The maximum absolute atomic E-state index is 12.4. The summed E-state index contributed by atoms with van der Waals surface area (Å²) in [6.07, 6.45) is -3.42. The van der Waals surface area contributed by atoms with Crippen molar-refractivity contribution in [3.05, 3.63) is 35.4 Å². The molecule has 0 aliphatic carbocycles. The second-order valence-electron chi connectivity index (χ2n) is 4.98. The van der Waals surface area contributed by atoms with E-state index in [2.05, 4.69) is 10.6 Å². The lowest BCUT2D eigenvalue weighted by Gasteiger charge is -2.23. The molecule has 4 nitrogen and oxygen atoms in total. The van der Waals surface area contributed by atoms with Crippen molar-refractivity contribution in [2.45, 2.75) is 31.5 Å². The van der Waals surface area contributed by atoms with Gasteiger partial charge in [-0.1, -0.05) is 12.1 Å². The largest absolute Gasteiger partial charge is 0.416 e. The molecule has 0 bridgehead atoms. The van der Waals surface area contributed by atoms with Crippen LogP contribution in [-0.4, -0.2) is 24.4 Å². The van der Waals surface area contributed by atoms with E-state index in [9.17, 15) is 22.8 Å². The van der Waals surface area contributed by atoms with Crippen molar-refractivity contribution in [1.82, 2.24) is 10.6 Å². The van der Waals surface area contributed by atoms with Crippen molar-refractivity contribution in [1.29, 1.82) is 0 Å². The molecule has 1 aliphatic rings. The number of hydrogen-bond acceptors (Lipinski definition) is 2. The molecule has 1 heterocycles. The second kappa shape index (κ2) is 6.15. The Balaban J connectivity index is 1.86. The average molecular weight is 300 g/mol. The summed E-state index contributed by atoms with van der Waals surface area (Å²) in [7, 11) is 0. The Bertz CT molecular complexity index is 516. The van der Waals surface area contributed by atoms with Crippen LogP contribution in [0.5, 0.6) is 0 Å². The average Bonchev–Trinajstić information content (AvgIpc) is 2.41. The highest BCUT2D eigenvalue weighted by Crippen LogP contribution is 2.29. The van der Waals surface area contributed by atoms with Crippen molar-refractivity contribution >= 4 is 11.8 Å². The smallest absolute Gasteiger partial charge is 0.354 e. The van der Waals surface area contributed by atoms with Crippen LogP contribution in [0.3, 0.4) is 0 Å². The summed E-state index contributed by atoms with van der Waals surface area (Å²) in [6.45, 7) is 0.386. The number of benzene rings is 1. The number of amides is 2. The minimum Gasteiger partial charge on any atom is -0.354 e. The van der Waals surface area contributed by atoms with E-state index in [0.29, 0.717) is 24.9 Å². The lowest BCUT2D eigenvalue weighted by molar-refractivity contribution is -0.137. The van der Waals surface area contributed by atoms with E-state index in [4.69, 9.17) is 0 Å². The molecule has 1 aliphatic heterocycles. The first-order chi connectivity index (χ1) is 9.84. The predicted molar refractivity (Wildman–Crippen MR) is 69.3 cm³/mol. The topological polar surface area (TPSA) is 58.2 Å². The number of carbonyl (C=O) groups is 2. The molecule has 0 aromatic heterocycles. The molecule has 2 N–H and O–H groups in total. The van der Waals surface area contributed by atoms with Gasteiger partial charge in [0.25, 0.3) is 0 Å². The SMILES string of the molecule is O=C1CCC(NC(=O)Cc2ccc(C(F)(F)F)cc2)CN1. The number of carbonyl (C=O) groups excluding carboxylic acids is 2. The summed E-state index contributed by atoms with van der Waals surface area (Å²) < 4.78 is 37.2. The van der Waals surface area contributed by atoms with Gasteiger partial charge in [0, 0.05) is 19.0 Å². The third-order valence-electron chi connectivity index (χ3n) is 3.28. The van der Waals surface area contributed by atoms with Gasteiger partial charge < -0.3 is 10.6 Å². The molecule has 1 unspecified atom stereocenters. The first kappa shape index (κ1) is 15.3. The van der Waals surface area contributed by atoms with E-state index in [1.54, 1.807) is 0 Å². The fourth-order valence-corrected chi connectivity index (χ4v) is 2.13. The maximum Gasteiger partial charge on any atom is 0.416 e. The summed E-state index contributed by atoms with van der Waals surface area (Å²) in [5, 5.41) is 5.40. The predicted octanol–water partition coefficient (Wildman–Crippen LogP) is 1.64.